The van der Waals surface area contributed by atoms with E-state index in [0.29, 0.717) is 16.6 Å². The van der Waals surface area contributed by atoms with Gasteiger partial charge in [0.25, 0.3) is 0 Å². The van der Waals surface area contributed by atoms with E-state index in [-0.39, 0.29) is 0 Å². The van der Waals surface area contributed by atoms with Gasteiger partial charge in [0.1, 0.15) is 11.5 Å². The minimum absolute atomic E-state index is 0.301. The lowest BCUT2D eigenvalue weighted by atomic mass is 10.2. The van der Waals surface area contributed by atoms with Gasteiger partial charge in [0.2, 0.25) is 0 Å². The van der Waals surface area contributed by atoms with Crippen LogP contribution in [-0.2, 0) is 16.4 Å². The molecule has 2 N–H and O–H groups in total. The standard InChI is InChI=1S/C21H20N2O3S2/c1-28(24,25)20-13-7-16(8-14-20)15-22-21(27)23-17-9-11-19(12-10-17)26-18-5-3-2-4-6-18/h2-14H,15H2,1H3,(H2,22,23,27). The van der Waals surface area contributed by atoms with Crippen LogP contribution < -0.4 is 15.4 Å². The van der Waals surface area contributed by atoms with Crippen molar-refractivity contribution in [2.45, 2.75) is 11.4 Å². The van der Waals surface area contributed by atoms with Gasteiger partial charge in [-0.1, -0.05) is 30.3 Å². The summed E-state index contributed by atoms with van der Waals surface area (Å²) < 4.78 is 28.7. The Labute approximate surface area is 170 Å². The van der Waals surface area contributed by atoms with Crippen molar-refractivity contribution in [3.8, 4) is 11.5 Å². The summed E-state index contributed by atoms with van der Waals surface area (Å²) in [5.74, 6) is 1.52. The average molecular weight is 413 g/mol. The molecule has 5 nitrogen and oxygen atoms in total. The first-order valence-corrected chi connectivity index (χ1v) is 10.9. The van der Waals surface area contributed by atoms with Crippen LogP contribution in [0.4, 0.5) is 5.69 Å². The summed E-state index contributed by atoms with van der Waals surface area (Å²) in [4.78, 5) is 0.301. The summed E-state index contributed by atoms with van der Waals surface area (Å²) in [6.07, 6.45) is 1.19. The van der Waals surface area contributed by atoms with Gasteiger partial charge in [-0.25, -0.2) is 8.42 Å². The van der Waals surface area contributed by atoms with Gasteiger partial charge >= 0.3 is 0 Å². The molecule has 7 heteroatoms. The van der Waals surface area contributed by atoms with Gasteiger partial charge in [-0.15, -0.1) is 0 Å². The van der Waals surface area contributed by atoms with E-state index < -0.39 is 9.84 Å². The first kappa shape index (κ1) is 19.9. The summed E-state index contributed by atoms with van der Waals surface area (Å²) in [6, 6.07) is 23.8. The molecule has 3 rings (SSSR count). The van der Waals surface area contributed by atoms with Crippen LogP contribution in [0.15, 0.2) is 83.8 Å². The zero-order valence-corrected chi connectivity index (χ0v) is 16.9. The van der Waals surface area contributed by atoms with Gasteiger partial charge in [-0.2, -0.15) is 0 Å². The Kier molecular flexibility index (Phi) is 6.28. The minimum atomic E-state index is -3.18. The van der Waals surface area contributed by atoms with E-state index in [1.807, 2.05) is 54.6 Å². The fraction of sp³-hybridized carbons (Fsp3) is 0.0952. The fourth-order valence-corrected chi connectivity index (χ4v) is 3.26. The molecule has 0 atom stereocenters. The van der Waals surface area contributed by atoms with Gasteiger partial charge in [0.05, 0.1) is 4.90 Å². The van der Waals surface area contributed by atoms with Gasteiger partial charge < -0.3 is 15.4 Å². The normalized spacial score (nSPS) is 10.9. The topological polar surface area (TPSA) is 67.4 Å². The summed E-state index contributed by atoms with van der Waals surface area (Å²) in [6.45, 7) is 0.491. The van der Waals surface area contributed by atoms with E-state index >= 15 is 0 Å². The number of nitrogens with one attached hydrogen (secondary N) is 2. The average Bonchev–Trinajstić information content (AvgIpc) is 2.68. The molecule has 0 aliphatic carbocycles. The largest absolute Gasteiger partial charge is 0.457 e. The lowest BCUT2D eigenvalue weighted by Gasteiger charge is -2.12. The maximum Gasteiger partial charge on any atom is 0.175 e. The number of anilines is 1. The van der Waals surface area contributed by atoms with Crippen molar-refractivity contribution in [2.75, 3.05) is 11.6 Å². The molecule has 0 heterocycles. The molecule has 0 aromatic heterocycles. The lowest BCUT2D eigenvalue weighted by Crippen LogP contribution is -2.27. The predicted molar refractivity (Wildman–Crippen MR) is 116 cm³/mol. The van der Waals surface area contributed by atoms with Crippen molar-refractivity contribution in [2.24, 2.45) is 0 Å². The number of thiocarbonyl (C=S) groups is 1. The number of para-hydroxylation sites is 1. The second kappa shape index (κ2) is 8.86. The van der Waals surface area contributed by atoms with E-state index in [1.54, 1.807) is 24.3 Å². The molecule has 0 bridgehead atoms. The Balaban J connectivity index is 1.50. The predicted octanol–water partition coefficient (Wildman–Crippen LogP) is 4.37. The van der Waals surface area contributed by atoms with Crippen LogP contribution in [0.1, 0.15) is 5.56 Å². The summed E-state index contributed by atoms with van der Waals surface area (Å²) >= 11 is 5.31. The lowest BCUT2D eigenvalue weighted by molar-refractivity contribution is 0.483. The second-order valence-electron chi connectivity index (χ2n) is 6.16. The number of ether oxygens (including phenoxy) is 1. The summed E-state index contributed by atoms with van der Waals surface area (Å²) in [5, 5.41) is 6.68. The summed E-state index contributed by atoms with van der Waals surface area (Å²) in [7, 11) is -3.18. The monoisotopic (exact) mass is 412 g/mol. The first-order valence-electron chi connectivity index (χ1n) is 8.57. The van der Waals surface area contributed by atoms with Crippen molar-refractivity contribution >= 4 is 32.9 Å². The van der Waals surface area contributed by atoms with Gasteiger partial charge in [0, 0.05) is 18.5 Å². The molecule has 0 aliphatic heterocycles. The third-order valence-electron chi connectivity index (χ3n) is 3.90. The zero-order valence-electron chi connectivity index (χ0n) is 15.3. The van der Waals surface area contributed by atoms with Crippen molar-refractivity contribution in [3.05, 3.63) is 84.4 Å². The highest BCUT2D eigenvalue weighted by atomic mass is 32.2. The Morgan fingerprint density at radius 2 is 1.50 bits per heavy atom. The zero-order chi connectivity index (χ0) is 20.0. The highest BCUT2D eigenvalue weighted by Gasteiger charge is 2.06. The van der Waals surface area contributed by atoms with E-state index in [1.165, 1.54) is 6.26 Å². The Bertz CT molecular complexity index is 1030. The van der Waals surface area contributed by atoms with Crippen LogP contribution in [0.2, 0.25) is 0 Å². The van der Waals surface area contributed by atoms with E-state index in [9.17, 15) is 8.42 Å². The van der Waals surface area contributed by atoms with E-state index in [4.69, 9.17) is 17.0 Å². The van der Waals surface area contributed by atoms with Crippen LogP contribution in [0.3, 0.4) is 0 Å². The Hall–Kier alpha value is -2.90. The number of hydrogen-bond acceptors (Lipinski definition) is 4. The highest BCUT2D eigenvalue weighted by molar-refractivity contribution is 7.90. The molecule has 0 saturated heterocycles. The van der Waals surface area contributed by atoms with Gasteiger partial charge in [-0.05, 0) is 66.3 Å². The number of sulfone groups is 1. The molecule has 144 valence electrons. The molecule has 3 aromatic carbocycles. The fourth-order valence-electron chi connectivity index (χ4n) is 2.44. The van der Waals surface area contributed by atoms with E-state index in [0.717, 1.165) is 22.7 Å². The van der Waals surface area contributed by atoms with Crippen molar-refractivity contribution in [3.63, 3.8) is 0 Å². The molecule has 0 radical (unpaired) electrons. The molecule has 0 fully saturated rings. The van der Waals surface area contributed by atoms with Crippen LogP contribution >= 0.6 is 12.2 Å². The van der Waals surface area contributed by atoms with Crippen molar-refractivity contribution in [1.29, 1.82) is 0 Å². The Morgan fingerprint density at radius 3 is 2.11 bits per heavy atom. The highest BCUT2D eigenvalue weighted by Crippen LogP contribution is 2.22. The third kappa shape index (κ3) is 5.80. The quantitative estimate of drug-likeness (QED) is 0.586. The molecule has 28 heavy (non-hydrogen) atoms. The van der Waals surface area contributed by atoms with Crippen molar-refractivity contribution in [1.82, 2.24) is 5.32 Å². The van der Waals surface area contributed by atoms with Crippen LogP contribution in [0.25, 0.3) is 0 Å². The maximum absolute atomic E-state index is 11.5. The molecule has 3 aromatic rings. The van der Waals surface area contributed by atoms with E-state index in [2.05, 4.69) is 10.6 Å². The molecular formula is C21H20N2O3S2. The smallest absolute Gasteiger partial charge is 0.175 e. The number of benzene rings is 3. The molecule has 0 amide bonds. The van der Waals surface area contributed by atoms with Crippen LogP contribution in [-0.4, -0.2) is 19.8 Å². The number of hydrogen-bond donors (Lipinski definition) is 2. The van der Waals surface area contributed by atoms with Crippen LogP contribution in [0, 0.1) is 0 Å². The van der Waals surface area contributed by atoms with Crippen molar-refractivity contribution < 1.29 is 13.2 Å². The van der Waals surface area contributed by atoms with Crippen LogP contribution in [0.5, 0.6) is 11.5 Å². The van der Waals surface area contributed by atoms with Gasteiger partial charge in [-0.3, -0.25) is 0 Å². The minimum Gasteiger partial charge on any atom is -0.457 e. The summed E-state index contributed by atoms with van der Waals surface area (Å²) in [5.41, 5.74) is 1.77. The Morgan fingerprint density at radius 1 is 0.893 bits per heavy atom. The molecule has 0 unspecified atom stereocenters. The first-order chi connectivity index (χ1) is 13.4. The maximum atomic E-state index is 11.5. The SMILES string of the molecule is CS(=O)(=O)c1ccc(CNC(=S)Nc2ccc(Oc3ccccc3)cc2)cc1. The number of rotatable bonds is 6. The second-order valence-corrected chi connectivity index (χ2v) is 8.59. The third-order valence-corrected chi connectivity index (χ3v) is 5.27. The van der Waals surface area contributed by atoms with Gasteiger partial charge in [0.15, 0.2) is 14.9 Å². The molecule has 0 saturated carbocycles. The molecule has 0 aliphatic rings. The molecule has 0 spiro atoms. The molecular weight excluding hydrogens is 392 g/mol.